The lowest BCUT2D eigenvalue weighted by Gasteiger charge is -2.35. The lowest BCUT2D eigenvalue weighted by Crippen LogP contribution is -2.40. The number of hydrogen-bond acceptors (Lipinski definition) is 3. The number of hydrogen-bond donors (Lipinski definition) is 1. The Bertz CT molecular complexity index is 386. The summed E-state index contributed by atoms with van der Waals surface area (Å²) in [6, 6.07) is 5.32. The average Bonchev–Trinajstić information content (AvgIpc) is 3.11. The van der Waals surface area contributed by atoms with Crippen molar-refractivity contribution < 1.29 is 0 Å². The Kier molecular flexibility index (Phi) is 4.14. The van der Waals surface area contributed by atoms with E-state index in [0.29, 0.717) is 12.6 Å². The van der Waals surface area contributed by atoms with E-state index in [9.17, 15) is 0 Å². The van der Waals surface area contributed by atoms with Crippen LogP contribution in [0.5, 0.6) is 0 Å². The van der Waals surface area contributed by atoms with Crippen molar-refractivity contribution in [1.29, 1.82) is 0 Å². The van der Waals surface area contributed by atoms with Crippen molar-refractivity contribution in [2.45, 2.75) is 50.6 Å². The molecule has 1 saturated carbocycles. The molecule has 3 nitrogen and oxygen atoms in total. The number of pyridine rings is 1. The van der Waals surface area contributed by atoms with Gasteiger partial charge in [0, 0.05) is 31.0 Å². The highest BCUT2D eigenvalue weighted by molar-refractivity contribution is 5.15. The number of aromatic nitrogens is 1. The monoisotopic (exact) mass is 259 g/mol. The Morgan fingerprint density at radius 1 is 1.26 bits per heavy atom. The summed E-state index contributed by atoms with van der Waals surface area (Å²) >= 11 is 0. The van der Waals surface area contributed by atoms with E-state index in [4.69, 9.17) is 5.73 Å². The van der Waals surface area contributed by atoms with E-state index in [2.05, 4.69) is 16.0 Å². The minimum atomic E-state index is 0.363. The van der Waals surface area contributed by atoms with Crippen LogP contribution in [0.15, 0.2) is 24.5 Å². The third-order valence-electron chi connectivity index (χ3n) is 4.98. The van der Waals surface area contributed by atoms with Crippen molar-refractivity contribution in [2.75, 3.05) is 13.1 Å². The smallest absolute Gasteiger partial charge is 0.0488 e. The quantitative estimate of drug-likeness (QED) is 0.904. The Hall–Kier alpha value is -0.930. The first kappa shape index (κ1) is 13.1. The number of nitrogens with two attached hydrogens (primary N) is 1. The van der Waals surface area contributed by atoms with E-state index in [-0.39, 0.29) is 0 Å². The van der Waals surface area contributed by atoms with Crippen molar-refractivity contribution in [3.05, 3.63) is 30.1 Å². The van der Waals surface area contributed by atoms with Crippen molar-refractivity contribution in [2.24, 2.45) is 11.7 Å². The van der Waals surface area contributed by atoms with Crippen LogP contribution in [0.4, 0.5) is 0 Å². The number of nitrogens with zero attached hydrogens (tertiary/aromatic N) is 2. The Morgan fingerprint density at radius 2 is 2.11 bits per heavy atom. The highest BCUT2D eigenvalue weighted by Gasteiger charge is 2.36. The van der Waals surface area contributed by atoms with Gasteiger partial charge in [-0.25, -0.2) is 0 Å². The summed E-state index contributed by atoms with van der Waals surface area (Å²) in [5.74, 6) is 0.910. The Morgan fingerprint density at radius 3 is 2.79 bits per heavy atom. The van der Waals surface area contributed by atoms with Gasteiger partial charge in [-0.15, -0.1) is 0 Å². The van der Waals surface area contributed by atoms with Gasteiger partial charge < -0.3 is 5.73 Å². The van der Waals surface area contributed by atoms with E-state index < -0.39 is 0 Å². The molecule has 1 aromatic heterocycles. The third-order valence-corrected chi connectivity index (χ3v) is 4.98. The van der Waals surface area contributed by atoms with Crippen LogP contribution in [-0.4, -0.2) is 29.0 Å². The first-order valence-electron chi connectivity index (χ1n) is 7.76. The SMILES string of the molecule is NCC(c1cccnc1)N1CCCC1C1CCCC1. The van der Waals surface area contributed by atoms with Crippen molar-refractivity contribution in [3.63, 3.8) is 0 Å². The van der Waals surface area contributed by atoms with Crippen LogP contribution in [0, 0.1) is 5.92 Å². The van der Waals surface area contributed by atoms with E-state index in [1.165, 1.54) is 50.6 Å². The second-order valence-electron chi connectivity index (χ2n) is 6.03. The van der Waals surface area contributed by atoms with E-state index in [1.807, 2.05) is 18.5 Å². The first-order valence-corrected chi connectivity index (χ1v) is 7.76. The van der Waals surface area contributed by atoms with Gasteiger partial charge in [0.05, 0.1) is 0 Å². The molecule has 2 unspecified atom stereocenters. The maximum Gasteiger partial charge on any atom is 0.0488 e. The first-order chi connectivity index (χ1) is 9.40. The van der Waals surface area contributed by atoms with Crippen molar-refractivity contribution in [1.82, 2.24) is 9.88 Å². The summed E-state index contributed by atoms with van der Waals surface area (Å²) in [7, 11) is 0. The van der Waals surface area contributed by atoms with Gasteiger partial charge in [0.15, 0.2) is 0 Å². The zero-order valence-electron chi connectivity index (χ0n) is 11.7. The number of rotatable bonds is 4. The molecule has 2 N–H and O–H groups in total. The van der Waals surface area contributed by atoms with Crippen LogP contribution in [0.2, 0.25) is 0 Å². The van der Waals surface area contributed by atoms with Crippen LogP contribution in [0.1, 0.15) is 50.1 Å². The average molecular weight is 259 g/mol. The molecule has 0 amide bonds. The lowest BCUT2D eigenvalue weighted by atomic mass is 9.94. The fourth-order valence-electron chi connectivity index (χ4n) is 4.09. The van der Waals surface area contributed by atoms with Gasteiger partial charge in [0.2, 0.25) is 0 Å². The van der Waals surface area contributed by atoms with Crippen LogP contribution >= 0.6 is 0 Å². The zero-order chi connectivity index (χ0) is 13.1. The van der Waals surface area contributed by atoms with Crippen LogP contribution in [0.3, 0.4) is 0 Å². The molecule has 0 aromatic carbocycles. The third kappa shape index (κ3) is 2.67. The zero-order valence-corrected chi connectivity index (χ0v) is 11.7. The summed E-state index contributed by atoms with van der Waals surface area (Å²) in [5, 5.41) is 0. The predicted molar refractivity (Wildman–Crippen MR) is 77.7 cm³/mol. The second-order valence-corrected chi connectivity index (χ2v) is 6.03. The predicted octanol–water partition coefficient (Wildman–Crippen LogP) is 2.74. The van der Waals surface area contributed by atoms with E-state index >= 15 is 0 Å². The standard InChI is InChI=1S/C16H25N3/c17-11-16(14-7-3-9-18-12-14)19-10-4-8-15(19)13-5-1-2-6-13/h3,7,9,12-13,15-16H,1-2,4-6,8,10-11,17H2. The summed E-state index contributed by atoms with van der Waals surface area (Å²) in [5.41, 5.74) is 7.36. The highest BCUT2D eigenvalue weighted by atomic mass is 15.2. The topological polar surface area (TPSA) is 42.1 Å². The van der Waals surface area contributed by atoms with Gasteiger partial charge in [-0.05, 0) is 49.8 Å². The maximum atomic E-state index is 6.08. The summed E-state index contributed by atoms with van der Waals surface area (Å²) in [6.07, 6.45) is 12.2. The normalized spacial score (nSPS) is 26.9. The largest absolute Gasteiger partial charge is 0.329 e. The molecule has 1 aliphatic heterocycles. The fourth-order valence-corrected chi connectivity index (χ4v) is 4.09. The molecule has 1 saturated heterocycles. The molecule has 104 valence electrons. The molecule has 0 bridgehead atoms. The fraction of sp³-hybridized carbons (Fsp3) is 0.688. The van der Waals surface area contributed by atoms with Gasteiger partial charge in [-0.1, -0.05) is 18.9 Å². The van der Waals surface area contributed by atoms with E-state index in [1.54, 1.807) is 0 Å². The molecule has 1 aromatic rings. The lowest BCUT2D eigenvalue weighted by molar-refractivity contribution is 0.138. The van der Waals surface area contributed by atoms with Gasteiger partial charge in [0.1, 0.15) is 0 Å². The molecular formula is C16H25N3. The Balaban J connectivity index is 1.78. The molecule has 2 heterocycles. The maximum absolute atomic E-state index is 6.08. The molecule has 1 aliphatic carbocycles. The Labute approximate surface area is 116 Å². The molecule has 2 fully saturated rings. The van der Waals surface area contributed by atoms with E-state index in [0.717, 1.165) is 12.0 Å². The molecule has 2 atom stereocenters. The molecular weight excluding hydrogens is 234 g/mol. The molecule has 3 heteroatoms. The molecule has 3 rings (SSSR count). The highest BCUT2D eigenvalue weighted by Crippen LogP contribution is 2.38. The minimum Gasteiger partial charge on any atom is -0.329 e. The van der Waals surface area contributed by atoms with Crippen LogP contribution in [-0.2, 0) is 0 Å². The number of likely N-dealkylation sites (tertiary alicyclic amines) is 1. The summed E-state index contributed by atoms with van der Waals surface area (Å²) in [6.45, 7) is 1.91. The second kappa shape index (κ2) is 6.02. The van der Waals surface area contributed by atoms with Crippen molar-refractivity contribution >= 4 is 0 Å². The van der Waals surface area contributed by atoms with Gasteiger partial charge in [-0.2, -0.15) is 0 Å². The van der Waals surface area contributed by atoms with Crippen LogP contribution < -0.4 is 5.73 Å². The molecule has 19 heavy (non-hydrogen) atoms. The molecule has 0 radical (unpaired) electrons. The molecule has 0 spiro atoms. The van der Waals surface area contributed by atoms with Gasteiger partial charge >= 0.3 is 0 Å². The van der Waals surface area contributed by atoms with Crippen LogP contribution in [0.25, 0.3) is 0 Å². The minimum absolute atomic E-state index is 0.363. The van der Waals surface area contributed by atoms with Gasteiger partial charge in [0.25, 0.3) is 0 Å². The summed E-state index contributed by atoms with van der Waals surface area (Å²) < 4.78 is 0. The van der Waals surface area contributed by atoms with Crippen molar-refractivity contribution in [3.8, 4) is 0 Å². The summed E-state index contributed by atoms with van der Waals surface area (Å²) in [4.78, 5) is 6.94. The molecule has 2 aliphatic rings. The van der Waals surface area contributed by atoms with Gasteiger partial charge in [-0.3, -0.25) is 9.88 Å².